The van der Waals surface area contributed by atoms with E-state index in [1.54, 1.807) is 17.1 Å². The van der Waals surface area contributed by atoms with Crippen molar-refractivity contribution in [3.63, 3.8) is 0 Å². The Bertz CT molecular complexity index is 1150. The molecule has 0 spiro atoms. The first-order valence-corrected chi connectivity index (χ1v) is 9.70. The summed E-state index contributed by atoms with van der Waals surface area (Å²) >= 11 is 1.48. The average molecular weight is 392 g/mol. The summed E-state index contributed by atoms with van der Waals surface area (Å²) in [6.07, 6.45) is 3.39. The van der Waals surface area contributed by atoms with Crippen molar-refractivity contribution in [2.75, 3.05) is 10.6 Å². The predicted molar refractivity (Wildman–Crippen MR) is 112 cm³/mol. The fourth-order valence-electron chi connectivity index (χ4n) is 2.92. The van der Waals surface area contributed by atoms with Crippen molar-refractivity contribution in [2.45, 2.75) is 19.9 Å². The highest BCUT2D eigenvalue weighted by molar-refractivity contribution is 7.14. The molecule has 1 amide bonds. The number of carbonyl (C=O) groups excluding carboxylic acids is 1. The van der Waals surface area contributed by atoms with Gasteiger partial charge in [0.25, 0.3) is 5.91 Å². The van der Waals surface area contributed by atoms with Crippen molar-refractivity contribution in [1.82, 2.24) is 19.7 Å². The van der Waals surface area contributed by atoms with Gasteiger partial charge >= 0.3 is 0 Å². The second kappa shape index (κ2) is 7.40. The molecule has 0 fully saturated rings. The minimum absolute atomic E-state index is 0.0131. The van der Waals surface area contributed by atoms with Crippen LogP contribution in [-0.4, -0.2) is 25.7 Å². The number of anilines is 2. The number of aryl methyl sites for hydroxylation is 2. The third-order valence-corrected chi connectivity index (χ3v) is 5.41. The van der Waals surface area contributed by atoms with E-state index in [1.165, 1.54) is 11.3 Å². The quantitative estimate of drug-likeness (QED) is 0.533. The first-order chi connectivity index (χ1) is 13.5. The molecule has 1 atom stereocenters. The summed E-state index contributed by atoms with van der Waals surface area (Å²) in [4.78, 5) is 23.2. The molecule has 2 N–H and O–H groups in total. The fraction of sp³-hybridized carbons (Fsp3) is 0.200. The minimum Gasteiger partial charge on any atom is -0.362 e. The van der Waals surface area contributed by atoms with Crippen molar-refractivity contribution in [3.8, 4) is 0 Å². The molecule has 0 bridgehead atoms. The molecule has 3 heterocycles. The predicted octanol–water partition coefficient (Wildman–Crippen LogP) is 4.16. The number of rotatable bonds is 5. The van der Waals surface area contributed by atoms with Crippen molar-refractivity contribution >= 4 is 39.9 Å². The van der Waals surface area contributed by atoms with Crippen LogP contribution in [-0.2, 0) is 7.05 Å². The van der Waals surface area contributed by atoms with Crippen LogP contribution in [0, 0.1) is 6.92 Å². The number of hydrogen-bond acceptors (Lipinski definition) is 6. The van der Waals surface area contributed by atoms with Crippen LogP contribution < -0.4 is 10.6 Å². The second-order valence-electron chi connectivity index (χ2n) is 6.59. The first-order valence-electron chi connectivity index (χ1n) is 8.88. The van der Waals surface area contributed by atoms with Crippen molar-refractivity contribution in [2.24, 2.45) is 7.05 Å². The number of nitrogens with one attached hydrogen (secondary N) is 2. The number of carbonyl (C=O) groups is 1. The minimum atomic E-state index is -0.0941. The van der Waals surface area contributed by atoms with Crippen LogP contribution in [0.4, 0.5) is 11.5 Å². The van der Waals surface area contributed by atoms with Crippen LogP contribution in [0.15, 0.2) is 48.8 Å². The number of amides is 1. The monoisotopic (exact) mass is 392 g/mol. The Balaban J connectivity index is 1.49. The Hall–Kier alpha value is -3.26. The maximum Gasteiger partial charge on any atom is 0.265 e. The van der Waals surface area contributed by atoms with Gasteiger partial charge in [0.15, 0.2) is 5.65 Å². The summed E-state index contributed by atoms with van der Waals surface area (Å²) in [5.74, 6) is 0.579. The molecule has 8 heteroatoms. The maximum atomic E-state index is 12.4. The van der Waals surface area contributed by atoms with Gasteiger partial charge in [0.1, 0.15) is 11.3 Å². The summed E-state index contributed by atoms with van der Waals surface area (Å²) in [6.45, 7) is 4.03. The standard InChI is InChI=1S/C20H20N6OS/c1-12-7-8-17(28-12)20(27)24-15-6-4-5-14(9-15)13(2)23-18-11-21-16-10-22-26(3)19(16)25-18/h4-11,13H,1-3H3,(H,23,25)(H,24,27)/t13-/m0/s1. The van der Waals surface area contributed by atoms with Gasteiger partial charge in [-0.1, -0.05) is 12.1 Å². The molecule has 4 rings (SSSR count). The summed E-state index contributed by atoms with van der Waals surface area (Å²) in [7, 11) is 1.84. The highest BCUT2D eigenvalue weighted by Gasteiger charge is 2.12. The maximum absolute atomic E-state index is 12.4. The molecule has 0 saturated heterocycles. The van der Waals surface area contributed by atoms with Gasteiger partial charge in [0.05, 0.1) is 23.3 Å². The summed E-state index contributed by atoms with van der Waals surface area (Å²) in [5, 5.41) is 10.5. The molecular formula is C20H20N6OS. The van der Waals surface area contributed by atoms with Gasteiger partial charge in [-0.05, 0) is 43.7 Å². The number of hydrogen-bond donors (Lipinski definition) is 2. The van der Waals surface area contributed by atoms with E-state index in [-0.39, 0.29) is 11.9 Å². The van der Waals surface area contributed by atoms with Crippen molar-refractivity contribution in [1.29, 1.82) is 0 Å². The third-order valence-electron chi connectivity index (χ3n) is 4.41. The van der Waals surface area contributed by atoms with E-state index < -0.39 is 0 Å². The van der Waals surface area contributed by atoms with E-state index in [0.29, 0.717) is 10.7 Å². The lowest BCUT2D eigenvalue weighted by Gasteiger charge is -2.16. The topological polar surface area (TPSA) is 84.7 Å². The number of benzene rings is 1. The number of aromatic nitrogens is 4. The normalized spacial score (nSPS) is 12.1. The zero-order valence-electron chi connectivity index (χ0n) is 15.8. The second-order valence-corrected chi connectivity index (χ2v) is 7.88. The van der Waals surface area contributed by atoms with Gasteiger partial charge in [-0.15, -0.1) is 11.3 Å². The molecule has 3 aromatic heterocycles. The molecule has 7 nitrogen and oxygen atoms in total. The molecule has 0 aliphatic heterocycles. The van der Waals surface area contributed by atoms with Crippen LogP contribution in [0.1, 0.15) is 33.1 Å². The van der Waals surface area contributed by atoms with Gasteiger partial charge in [0.2, 0.25) is 0 Å². The van der Waals surface area contributed by atoms with Crippen LogP contribution in [0.5, 0.6) is 0 Å². The lowest BCUT2D eigenvalue weighted by Crippen LogP contribution is -2.12. The molecular weight excluding hydrogens is 372 g/mol. The Labute approximate surface area is 166 Å². The zero-order valence-corrected chi connectivity index (χ0v) is 16.6. The Morgan fingerprint density at radius 3 is 2.86 bits per heavy atom. The lowest BCUT2D eigenvalue weighted by molar-refractivity contribution is 0.103. The van der Waals surface area contributed by atoms with Gasteiger partial charge in [-0.2, -0.15) is 5.10 Å². The Morgan fingerprint density at radius 2 is 2.07 bits per heavy atom. The zero-order chi connectivity index (χ0) is 19.7. The van der Waals surface area contributed by atoms with E-state index in [4.69, 9.17) is 0 Å². The molecule has 0 unspecified atom stereocenters. The molecule has 0 aliphatic rings. The first kappa shape index (κ1) is 18.1. The van der Waals surface area contributed by atoms with Gasteiger partial charge in [-0.3, -0.25) is 4.79 Å². The molecule has 0 aliphatic carbocycles. The molecule has 1 aromatic carbocycles. The van der Waals surface area contributed by atoms with Gasteiger partial charge < -0.3 is 10.6 Å². The lowest BCUT2D eigenvalue weighted by atomic mass is 10.1. The van der Waals surface area contributed by atoms with Crippen LogP contribution >= 0.6 is 11.3 Å². The molecule has 142 valence electrons. The molecule has 0 radical (unpaired) electrons. The molecule has 4 aromatic rings. The molecule has 28 heavy (non-hydrogen) atoms. The van der Waals surface area contributed by atoms with Gasteiger partial charge in [0, 0.05) is 17.6 Å². The van der Waals surface area contributed by atoms with Gasteiger partial charge in [-0.25, -0.2) is 14.6 Å². The number of fused-ring (bicyclic) bond motifs is 1. The molecule has 0 saturated carbocycles. The number of thiophene rings is 1. The third kappa shape index (κ3) is 3.72. The Kier molecular flexibility index (Phi) is 4.79. The summed E-state index contributed by atoms with van der Waals surface area (Å²) in [6, 6.07) is 11.6. The highest BCUT2D eigenvalue weighted by Crippen LogP contribution is 2.23. The highest BCUT2D eigenvalue weighted by atomic mass is 32.1. The van der Waals surface area contributed by atoms with Crippen LogP contribution in [0.2, 0.25) is 0 Å². The fourth-order valence-corrected chi connectivity index (χ4v) is 3.69. The van der Waals surface area contributed by atoms with E-state index in [0.717, 1.165) is 27.3 Å². The van der Waals surface area contributed by atoms with Crippen LogP contribution in [0.3, 0.4) is 0 Å². The van der Waals surface area contributed by atoms with Crippen molar-refractivity contribution < 1.29 is 4.79 Å². The van der Waals surface area contributed by atoms with Crippen LogP contribution in [0.25, 0.3) is 11.2 Å². The summed E-state index contributed by atoms with van der Waals surface area (Å²) < 4.78 is 1.70. The SMILES string of the molecule is Cc1ccc(C(=O)Nc2cccc([C@H](C)Nc3cnc4cnn(C)c4n3)c2)s1. The van der Waals surface area contributed by atoms with E-state index in [1.807, 2.05) is 57.3 Å². The smallest absolute Gasteiger partial charge is 0.265 e. The number of nitrogens with zero attached hydrogens (tertiary/aromatic N) is 4. The average Bonchev–Trinajstić information content (AvgIpc) is 3.28. The Morgan fingerprint density at radius 1 is 1.21 bits per heavy atom. The summed E-state index contributed by atoms with van der Waals surface area (Å²) in [5.41, 5.74) is 3.28. The largest absolute Gasteiger partial charge is 0.362 e. The van der Waals surface area contributed by atoms with E-state index in [2.05, 4.69) is 25.7 Å². The van der Waals surface area contributed by atoms with Crippen molar-refractivity contribution in [3.05, 3.63) is 64.1 Å². The van der Waals surface area contributed by atoms with E-state index in [9.17, 15) is 4.79 Å². The van der Waals surface area contributed by atoms with E-state index >= 15 is 0 Å².